The van der Waals surface area contributed by atoms with Gasteiger partial charge in [-0.05, 0) is 86.0 Å². The Hall–Kier alpha value is -2.57. The predicted molar refractivity (Wildman–Crippen MR) is 103 cm³/mol. The van der Waals surface area contributed by atoms with Crippen LogP contribution in [0.1, 0.15) is 50.5 Å². The molecule has 0 aliphatic heterocycles. The lowest BCUT2D eigenvalue weighted by Crippen LogP contribution is -2.47. The predicted octanol–water partition coefficient (Wildman–Crippen LogP) is 2.32. The number of carbonyl (C=O) groups is 2. The quantitative estimate of drug-likeness (QED) is 0.323. The molecule has 4 aliphatic rings. The van der Waals surface area contributed by atoms with Gasteiger partial charge in [-0.25, -0.2) is 4.79 Å². The molecule has 1 amide bonds. The number of carbonyl (C=O) groups excluding carboxylic acids is 2. The molecule has 7 nitrogen and oxygen atoms in total. The summed E-state index contributed by atoms with van der Waals surface area (Å²) < 4.78 is 5.19. The summed E-state index contributed by atoms with van der Waals surface area (Å²) in [6.07, 6.45) is 7.93. The highest BCUT2D eigenvalue weighted by atomic mass is 16.7. The van der Waals surface area contributed by atoms with E-state index in [9.17, 15) is 9.59 Å². The minimum absolute atomic E-state index is 0.121. The molecular weight excluding hydrogens is 358 g/mol. The smallest absolute Gasteiger partial charge is 0.335 e. The van der Waals surface area contributed by atoms with Crippen LogP contribution < -0.4 is 16.2 Å². The maximum atomic E-state index is 12.4. The minimum Gasteiger partial charge on any atom is -0.484 e. The van der Waals surface area contributed by atoms with Crippen molar-refractivity contribution in [1.82, 2.24) is 0 Å². The third-order valence-electron chi connectivity index (χ3n) is 6.46. The number of oxime groups is 1. The molecule has 0 unspecified atom stereocenters. The van der Waals surface area contributed by atoms with Gasteiger partial charge in [0.1, 0.15) is 5.75 Å². The molecule has 4 fully saturated rings. The fourth-order valence-corrected chi connectivity index (χ4v) is 5.87. The fraction of sp³-hybridized carbons (Fsp3) is 0.571. The van der Waals surface area contributed by atoms with Crippen LogP contribution in [0.2, 0.25) is 0 Å². The van der Waals surface area contributed by atoms with Crippen LogP contribution in [0.15, 0.2) is 29.4 Å². The number of hydrogen-bond acceptors (Lipinski definition) is 5. The first-order chi connectivity index (χ1) is 13.4. The Balaban J connectivity index is 1.32. The standard InChI is InChI=1S/C21H27N3O4/c22-18(25)12-27-17-3-1-16(2-4-17)20(23)24-28-19(26)11-21-8-13-5-14(9-21)7-15(6-13)10-21/h1-4,13-15H,5-12H2,(H2,22,25)(H2,23,24). The number of amides is 1. The Morgan fingerprint density at radius 2 is 1.57 bits per heavy atom. The fourth-order valence-electron chi connectivity index (χ4n) is 5.87. The highest BCUT2D eigenvalue weighted by Crippen LogP contribution is 2.61. The maximum Gasteiger partial charge on any atom is 0.335 e. The van der Waals surface area contributed by atoms with Crippen LogP contribution in [-0.2, 0) is 14.4 Å². The highest BCUT2D eigenvalue weighted by Gasteiger charge is 2.51. The molecule has 1 aromatic carbocycles. The Morgan fingerprint density at radius 3 is 2.11 bits per heavy atom. The van der Waals surface area contributed by atoms with E-state index in [2.05, 4.69) is 5.16 Å². The molecule has 7 heteroatoms. The molecule has 0 saturated heterocycles. The van der Waals surface area contributed by atoms with E-state index in [1.165, 1.54) is 19.3 Å². The summed E-state index contributed by atoms with van der Waals surface area (Å²) in [7, 11) is 0. The van der Waals surface area contributed by atoms with Gasteiger partial charge in [-0.3, -0.25) is 4.79 Å². The molecule has 0 radical (unpaired) electrons. The van der Waals surface area contributed by atoms with Gasteiger partial charge in [-0.15, -0.1) is 0 Å². The van der Waals surface area contributed by atoms with Crippen molar-refractivity contribution in [2.24, 2.45) is 39.8 Å². The molecule has 150 valence electrons. The van der Waals surface area contributed by atoms with Gasteiger partial charge < -0.3 is 21.0 Å². The van der Waals surface area contributed by atoms with Crippen LogP contribution in [0.25, 0.3) is 0 Å². The minimum atomic E-state index is -0.545. The van der Waals surface area contributed by atoms with Crippen molar-refractivity contribution in [3.63, 3.8) is 0 Å². The second-order valence-corrected chi connectivity index (χ2v) is 8.81. The second-order valence-electron chi connectivity index (χ2n) is 8.81. The van der Waals surface area contributed by atoms with Crippen LogP contribution in [-0.4, -0.2) is 24.3 Å². The van der Waals surface area contributed by atoms with Gasteiger partial charge >= 0.3 is 5.97 Å². The number of nitrogens with zero attached hydrogens (tertiary/aromatic N) is 1. The van der Waals surface area contributed by atoms with Crippen LogP contribution in [0.4, 0.5) is 0 Å². The molecule has 4 saturated carbocycles. The normalized spacial score (nSPS) is 30.9. The van der Waals surface area contributed by atoms with E-state index in [4.69, 9.17) is 21.0 Å². The van der Waals surface area contributed by atoms with Crippen LogP contribution >= 0.6 is 0 Å². The number of benzene rings is 1. The monoisotopic (exact) mass is 385 g/mol. The molecule has 0 atom stereocenters. The van der Waals surface area contributed by atoms with E-state index in [1.54, 1.807) is 24.3 Å². The van der Waals surface area contributed by atoms with E-state index >= 15 is 0 Å². The zero-order valence-electron chi connectivity index (χ0n) is 15.9. The Bertz CT molecular complexity index is 752. The SMILES string of the molecule is NC(=O)COc1ccc(/C(N)=N/OC(=O)CC23CC4CC(CC(C4)C2)C3)cc1. The van der Waals surface area contributed by atoms with E-state index in [0.29, 0.717) is 17.7 Å². The molecule has 0 spiro atoms. The van der Waals surface area contributed by atoms with E-state index in [1.807, 2.05) is 0 Å². The van der Waals surface area contributed by atoms with E-state index in [-0.39, 0.29) is 23.8 Å². The first-order valence-corrected chi connectivity index (χ1v) is 9.96. The highest BCUT2D eigenvalue weighted by molar-refractivity contribution is 5.97. The average Bonchev–Trinajstić information content (AvgIpc) is 2.63. The van der Waals surface area contributed by atoms with E-state index in [0.717, 1.165) is 37.0 Å². The Labute approximate surface area is 164 Å². The molecule has 4 N–H and O–H groups in total. The number of nitrogens with two attached hydrogens (primary N) is 2. The van der Waals surface area contributed by atoms with Gasteiger partial charge in [0.15, 0.2) is 12.4 Å². The molecule has 4 bridgehead atoms. The summed E-state index contributed by atoms with van der Waals surface area (Å²) >= 11 is 0. The third kappa shape index (κ3) is 4.13. The molecule has 4 aliphatic carbocycles. The van der Waals surface area contributed by atoms with Crippen molar-refractivity contribution in [3.8, 4) is 5.75 Å². The number of primary amides is 1. The molecule has 0 aromatic heterocycles. The average molecular weight is 385 g/mol. The van der Waals surface area contributed by atoms with Gasteiger partial charge in [0.05, 0.1) is 6.42 Å². The second kappa shape index (κ2) is 7.45. The van der Waals surface area contributed by atoms with Gasteiger partial charge in [-0.2, -0.15) is 0 Å². The summed E-state index contributed by atoms with van der Waals surface area (Å²) in [6.45, 7) is -0.190. The third-order valence-corrected chi connectivity index (χ3v) is 6.46. The zero-order chi connectivity index (χ0) is 19.7. The first kappa shape index (κ1) is 18.8. The van der Waals surface area contributed by atoms with E-state index < -0.39 is 5.91 Å². The summed E-state index contributed by atoms with van der Waals surface area (Å²) in [5.74, 6) is 2.16. The van der Waals surface area contributed by atoms with Crippen molar-refractivity contribution in [3.05, 3.63) is 29.8 Å². The molecule has 0 heterocycles. The Kier molecular flexibility index (Phi) is 5.00. The van der Waals surface area contributed by atoms with Gasteiger partial charge in [0.2, 0.25) is 0 Å². The zero-order valence-corrected chi connectivity index (χ0v) is 15.9. The van der Waals surface area contributed by atoms with Crippen molar-refractivity contribution in [2.45, 2.75) is 44.9 Å². The topological polar surface area (TPSA) is 117 Å². The molecular formula is C21H27N3O4. The van der Waals surface area contributed by atoms with Crippen molar-refractivity contribution in [1.29, 1.82) is 0 Å². The van der Waals surface area contributed by atoms with Crippen LogP contribution in [0.5, 0.6) is 5.75 Å². The number of hydrogen-bond donors (Lipinski definition) is 2. The van der Waals surface area contributed by atoms with Crippen molar-refractivity contribution in [2.75, 3.05) is 6.61 Å². The Morgan fingerprint density at radius 1 is 1.00 bits per heavy atom. The molecule has 1 aromatic rings. The number of amidine groups is 1. The largest absolute Gasteiger partial charge is 0.484 e. The van der Waals surface area contributed by atoms with Gasteiger partial charge in [-0.1, -0.05) is 5.16 Å². The van der Waals surface area contributed by atoms with Crippen molar-refractivity contribution >= 4 is 17.7 Å². The summed E-state index contributed by atoms with van der Waals surface area (Å²) in [5.41, 5.74) is 11.7. The number of ether oxygens (including phenoxy) is 1. The molecule has 5 rings (SSSR count). The van der Waals surface area contributed by atoms with Crippen LogP contribution in [0.3, 0.4) is 0 Å². The van der Waals surface area contributed by atoms with Gasteiger partial charge in [0.25, 0.3) is 5.91 Å². The molecule has 28 heavy (non-hydrogen) atoms. The lowest BCUT2D eigenvalue weighted by atomic mass is 9.49. The lowest BCUT2D eigenvalue weighted by Gasteiger charge is -2.56. The van der Waals surface area contributed by atoms with Gasteiger partial charge in [0, 0.05) is 5.56 Å². The summed E-state index contributed by atoms with van der Waals surface area (Å²) in [6, 6.07) is 6.67. The van der Waals surface area contributed by atoms with Crippen molar-refractivity contribution < 1.29 is 19.2 Å². The maximum absolute atomic E-state index is 12.4. The lowest BCUT2D eigenvalue weighted by molar-refractivity contribution is -0.152. The number of rotatable bonds is 7. The summed E-state index contributed by atoms with van der Waals surface area (Å²) in [5, 5.41) is 3.83. The summed E-state index contributed by atoms with van der Waals surface area (Å²) in [4.78, 5) is 28.3. The van der Waals surface area contributed by atoms with Crippen LogP contribution in [0, 0.1) is 23.2 Å². The first-order valence-electron chi connectivity index (χ1n) is 9.96.